The van der Waals surface area contributed by atoms with Gasteiger partial charge in [0.1, 0.15) is 11.2 Å². The van der Waals surface area contributed by atoms with E-state index in [4.69, 9.17) is 4.74 Å². The number of ether oxygens (including phenoxy) is 1. The Hall–Kier alpha value is -2.04. The number of epoxide rings is 1. The lowest BCUT2D eigenvalue weighted by Gasteiger charge is -2.43. The minimum Gasteiger partial charge on any atom is -0.483 e. The molecule has 1 heterocycles. The molecule has 2 aliphatic rings. The van der Waals surface area contributed by atoms with Gasteiger partial charge >= 0.3 is 11.9 Å². The Balaban J connectivity index is 2.63. The third-order valence-corrected chi connectivity index (χ3v) is 4.07. The Morgan fingerprint density at radius 2 is 1.95 bits per heavy atom. The second-order valence-corrected chi connectivity index (χ2v) is 5.01. The number of carboxylic acid groups (broad SMARTS) is 2. The molecule has 3 atom stereocenters. The van der Waals surface area contributed by atoms with Gasteiger partial charge in [-0.25, -0.2) is 0 Å². The second kappa shape index (κ2) is 4.26. The van der Waals surface area contributed by atoms with Crippen molar-refractivity contribution in [3.05, 3.63) is 37.1 Å². The van der Waals surface area contributed by atoms with Gasteiger partial charge in [0.25, 0.3) is 0 Å². The van der Waals surface area contributed by atoms with Crippen LogP contribution in [-0.4, -0.2) is 28.3 Å². The zero-order valence-electron chi connectivity index (χ0n) is 10.5. The fourth-order valence-electron chi connectivity index (χ4n) is 2.99. The first kappa shape index (κ1) is 13.4. The maximum absolute atomic E-state index is 11.8. The smallest absolute Gasteiger partial charge is 0.315 e. The molecule has 102 valence electrons. The van der Waals surface area contributed by atoms with Crippen molar-refractivity contribution >= 4 is 11.9 Å². The quantitative estimate of drug-likeness (QED) is 0.565. The number of carboxylic acids is 2. The summed E-state index contributed by atoms with van der Waals surface area (Å²) in [6.07, 6.45) is 4.34. The highest BCUT2D eigenvalue weighted by molar-refractivity contribution is 5.89. The molecule has 0 saturated carbocycles. The molecular weight excluding hydrogens is 248 g/mol. The average molecular weight is 264 g/mol. The lowest BCUT2D eigenvalue weighted by molar-refractivity contribution is -0.171. The highest BCUT2D eigenvalue weighted by Crippen LogP contribution is 2.59. The van der Waals surface area contributed by atoms with Crippen molar-refractivity contribution in [2.75, 3.05) is 0 Å². The predicted molar refractivity (Wildman–Crippen MR) is 67.3 cm³/mol. The number of hydrogen-bond donors (Lipinski definition) is 2. The summed E-state index contributed by atoms with van der Waals surface area (Å²) < 4.78 is 5.25. The number of rotatable bonds is 6. The first-order valence-corrected chi connectivity index (χ1v) is 6.01. The van der Waals surface area contributed by atoms with Crippen LogP contribution in [0.15, 0.2) is 37.1 Å². The molecule has 0 aromatic carbocycles. The number of carbonyl (C=O) groups is 2. The van der Waals surface area contributed by atoms with Gasteiger partial charge in [0, 0.05) is 6.42 Å². The van der Waals surface area contributed by atoms with Crippen LogP contribution in [0.1, 0.15) is 19.3 Å². The Labute approximate surface area is 110 Å². The Bertz CT molecular complexity index is 492. The summed E-state index contributed by atoms with van der Waals surface area (Å²) in [6.45, 7) is 7.12. The average Bonchev–Trinajstić information content (AvgIpc) is 3.06. The number of hydrogen-bond acceptors (Lipinski definition) is 3. The lowest BCUT2D eigenvalue weighted by Crippen LogP contribution is -2.53. The molecule has 1 aliphatic heterocycles. The van der Waals surface area contributed by atoms with Crippen LogP contribution in [0.25, 0.3) is 0 Å². The molecule has 0 aromatic heterocycles. The van der Waals surface area contributed by atoms with Crippen LogP contribution < -0.4 is 0 Å². The van der Waals surface area contributed by atoms with E-state index in [-0.39, 0.29) is 25.4 Å². The summed E-state index contributed by atoms with van der Waals surface area (Å²) in [5, 5.41) is 19.3. The number of aliphatic carboxylic acids is 2. The third kappa shape index (κ3) is 1.69. The molecule has 5 nitrogen and oxygen atoms in total. The lowest BCUT2D eigenvalue weighted by atomic mass is 9.55. The molecule has 1 aliphatic carbocycles. The molecule has 0 amide bonds. The number of allylic oxidation sites excluding steroid dienone is 2. The Kier molecular flexibility index (Phi) is 3.00. The molecule has 0 radical (unpaired) electrons. The van der Waals surface area contributed by atoms with E-state index in [9.17, 15) is 19.8 Å². The SMILES string of the molecule is C=CCC1(C(=O)O)C=C2OC2CC1(CC=C)C(=O)O. The topological polar surface area (TPSA) is 87.1 Å². The largest absolute Gasteiger partial charge is 0.483 e. The van der Waals surface area contributed by atoms with Crippen LogP contribution in [0.5, 0.6) is 0 Å². The highest BCUT2D eigenvalue weighted by atomic mass is 16.6. The van der Waals surface area contributed by atoms with Gasteiger partial charge in [0.15, 0.2) is 6.10 Å². The minimum atomic E-state index is -1.53. The van der Waals surface area contributed by atoms with E-state index in [1.165, 1.54) is 18.2 Å². The fourth-order valence-corrected chi connectivity index (χ4v) is 2.99. The summed E-state index contributed by atoms with van der Waals surface area (Å²) in [7, 11) is 0. The molecule has 2 rings (SSSR count). The standard InChI is InChI=1S/C14H16O5/c1-3-5-13(11(15)16)7-9-10(19-9)8-14(13,6-4-2)12(17)18/h3-4,7,10H,1-2,5-6,8H2,(H,15,16)(H,17,18). The maximum atomic E-state index is 11.8. The summed E-state index contributed by atoms with van der Waals surface area (Å²) in [5.74, 6) is -1.73. The molecular formula is C14H16O5. The van der Waals surface area contributed by atoms with Crippen molar-refractivity contribution in [3.63, 3.8) is 0 Å². The summed E-state index contributed by atoms with van der Waals surface area (Å²) in [5.41, 5.74) is -2.98. The van der Waals surface area contributed by atoms with Crippen molar-refractivity contribution in [1.82, 2.24) is 0 Å². The fraction of sp³-hybridized carbons (Fsp3) is 0.429. The molecule has 0 bridgehead atoms. The van der Waals surface area contributed by atoms with Crippen molar-refractivity contribution in [2.45, 2.75) is 25.4 Å². The van der Waals surface area contributed by atoms with Crippen LogP contribution in [-0.2, 0) is 14.3 Å². The zero-order chi connectivity index (χ0) is 14.3. The Morgan fingerprint density at radius 3 is 2.42 bits per heavy atom. The monoisotopic (exact) mass is 264 g/mol. The zero-order valence-corrected chi connectivity index (χ0v) is 10.5. The van der Waals surface area contributed by atoms with Crippen LogP contribution >= 0.6 is 0 Å². The van der Waals surface area contributed by atoms with Crippen molar-refractivity contribution in [1.29, 1.82) is 0 Å². The van der Waals surface area contributed by atoms with E-state index in [2.05, 4.69) is 13.2 Å². The molecule has 0 aromatic rings. The van der Waals surface area contributed by atoms with Crippen LogP contribution in [0.2, 0.25) is 0 Å². The summed E-state index contributed by atoms with van der Waals surface area (Å²) in [6, 6.07) is 0. The van der Waals surface area contributed by atoms with Crippen molar-refractivity contribution in [2.24, 2.45) is 10.8 Å². The normalized spacial score (nSPS) is 35.4. The van der Waals surface area contributed by atoms with Crippen LogP contribution in [0.4, 0.5) is 0 Å². The van der Waals surface area contributed by atoms with Crippen LogP contribution in [0.3, 0.4) is 0 Å². The molecule has 5 heteroatoms. The first-order chi connectivity index (χ1) is 8.93. The summed E-state index contributed by atoms with van der Waals surface area (Å²) in [4.78, 5) is 23.6. The van der Waals surface area contributed by atoms with E-state index in [0.29, 0.717) is 5.76 Å². The van der Waals surface area contributed by atoms with E-state index in [1.54, 1.807) is 0 Å². The maximum Gasteiger partial charge on any atom is 0.315 e. The first-order valence-electron chi connectivity index (χ1n) is 6.01. The van der Waals surface area contributed by atoms with Gasteiger partial charge in [-0.1, -0.05) is 12.2 Å². The van der Waals surface area contributed by atoms with Gasteiger partial charge in [-0.05, 0) is 18.9 Å². The number of fused-ring (bicyclic) bond motifs is 1. The van der Waals surface area contributed by atoms with E-state index in [0.717, 1.165) is 0 Å². The minimum absolute atomic E-state index is 0.0437. The highest BCUT2D eigenvalue weighted by Gasteiger charge is 2.66. The van der Waals surface area contributed by atoms with Crippen LogP contribution in [0, 0.1) is 10.8 Å². The molecule has 0 spiro atoms. The Morgan fingerprint density at radius 1 is 1.32 bits per heavy atom. The second-order valence-electron chi connectivity index (χ2n) is 5.01. The van der Waals surface area contributed by atoms with Gasteiger partial charge in [0.2, 0.25) is 0 Å². The van der Waals surface area contributed by atoms with Crippen molar-refractivity contribution < 1.29 is 24.5 Å². The van der Waals surface area contributed by atoms with Gasteiger partial charge in [-0.3, -0.25) is 9.59 Å². The molecule has 3 unspecified atom stereocenters. The van der Waals surface area contributed by atoms with Gasteiger partial charge in [0.05, 0.1) is 5.41 Å². The molecule has 19 heavy (non-hydrogen) atoms. The van der Waals surface area contributed by atoms with Gasteiger partial charge in [-0.2, -0.15) is 0 Å². The van der Waals surface area contributed by atoms with Gasteiger partial charge < -0.3 is 14.9 Å². The molecule has 1 saturated heterocycles. The van der Waals surface area contributed by atoms with Gasteiger partial charge in [-0.15, -0.1) is 13.2 Å². The predicted octanol–water partition coefficient (Wildman–Crippen LogP) is 1.97. The van der Waals surface area contributed by atoms with E-state index in [1.807, 2.05) is 0 Å². The van der Waals surface area contributed by atoms with E-state index >= 15 is 0 Å². The third-order valence-electron chi connectivity index (χ3n) is 4.07. The molecule has 1 fully saturated rings. The van der Waals surface area contributed by atoms with E-state index < -0.39 is 22.8 Å². The summed E-state index contributed by atoms with van der Waals surface area (Å²) >= 11 is 0. The van der Waals surface area contributed by atoms with Crippen molar-refractivity contribution in [3.8, 4) is 0 Å². The molecule has 2 N–H and O–H groups in total.